The van der Waals surface area contributed by atoms with Gasteiger partial charge in [0.2, 0.25) is 34.8 Å². The summed E-state index contributed by atoms with van der Waals surface area (Å²) in [4.78, 5) is 35.1. The fraction of sp³-hybridized carbons (Fsp3) is 0.400. The van der Waals surface area contributed by atoms with Crippen LogP contribution in [0.5, 0.6) is 5.75 Å². The molecule has 0 aliphatic carbocycles. The van der Waals surface area contributed by atoms with Crippen LogP contribution in [0.1, 0.15) is 16.8 Å². The van der Waals surface area contributed by atoms with Crippen LogP contribution in [0.2, 0.25) is 0 Å². The number of carbonyl (C=O) groups excluding carboxylic acids is 3. The lowest BCUT2D eigenvalue weighted by Gasteiger charge is -2.09. The molecule has 0 aliphatic rings. The summed E-state index contributed by atoms with van der Waals surface area (Å²) >= 11 is 0. The van der Waals surface area contributed by atoms with Crippen LogP contribution in [-0.2, 0) is 33.3 Å². The van der Waals surface area contributed by atoms with E-state index in [9.17, 15) is 36.3 Å². The Morgan fingerprint density at radius 3 is 1.51 bits per heavy atom. The van der Waals surface area contributed by atoms with Crippen molar-refractivity contribution in [3.63, 3.8) is 0 Å². The molecule has 9 nitrogen and oxygen atoms in total. The van der Waals surface area contributed by atoms with Crippen LogP contribution in [-0.4, -0.2) is 77.2 Å². The van der Waals surface area contributed by atoms with Gasteiger partial charge < -0.3 is 28.4 Å². The minimum absolute atomic E-state index is 0.0460. The second-order valence-electron chi connectivity index (χ2n) is 7.40. The van der Waals surface area contributed by atoms with Gasteiger partial charge in [0.25, 0.3) is 5.78 Å². The quantitative estimate of drug-likeness (QED) is 0.0395. The lowest BCUT2D eigenvalue weighted by molar-refractivity contribution is -0.139. The first-order valence-corrected chi connectivity index (χ1v) is 11.5. The average molecular weight is 564 g/mol. The Bertz CT molecular complexity index is 1070. The maximum Gasteiger partial charge on any atom is 0.379 e. The zero-order valence-corrected chi connectivity index (χ0v) is 20.5. The van der Waals surface area contributed by atoms with E-state index in [4.69, 9.17) is 23.7 Å². The molecule has 0 unspecified atom stereocenters. The smallest absolute Gasteiger partial charge is 0.379 e. The maximum absolute atomic E-state index is 13.5. The number of halogens is 5. The Labute approximate surface area is 219 Å². The molecule has 2 rings (SSSR count). The number of Topliss-reactive ketones (excluding diaryl/α,β-unsaturated/α-hetero) is 1. The normalized spacial score (nSPS) is 10.9. The van der Waals surface area contributed by atoms with Gasteiger partial charge in [-0.15, -0.1) is 0 Å². The summed E-state index contributed by atoms with van der Waals surface area (Å²) in [6.45, 7) is 0.819. The number of ketones is 1. The molecule has 2 aromatic rings. The van der Waals surface area contributed by atoms with Crippen molar-refractivity contribution in [3.05, 3.63) is 65.0 Å². The molecule has 2 aromatic carbocycles. The molecule has 0 amide bonds. The summed E-state index contributed by atoms with van der Waals surface area (Å²) in [6.07, 6.45) is -0.509. The average Bonchev–Trinajstić information content (AvgIpc) is 2.95. The van der Waals surface area contributed by atoms with Gasteiger partial charge in [0.15, 0.2) is 0 Å². The number of rotatable bonds is 18. The van der Waals surface area contributed by atoms with Crippen molar-refractivity contribution in [2.75, 3.05) is 59.5 Å². The molecule has 0 N–H and O–H groups in total. The van der Waals surface area contributed by atoms with Gasteiger partial charge in [-0.1, -0.05) is 30.3 Å². The zero-order valence-electron chi connectivity index (χ0n) is 20.5. The van der Waals surface area contributed by atoms with Gasteiger partial charge in [0, 0.05) is 5.56 Å². The van der Waals surface area contributed by atoms with Crippen molar-refractivity contribution < 1.29 is 64.8 Å². The van der Waals surface area contributed by atoms with E-state index in [2.05, 4.69) is 4.74 Å². The second kappa shape index (κ2) is 17.2. The SMILES string of the molecule is O=C(CCOCCOCCOCCOCCOC(=O)C(=O)c1ccccc1)Oc1c(F)c(F)c(F)c(F)c1F. The highest BCUT2D eigenvalue weighted by Crippen LogP contribution is 2.29. The second-order valence-corrected chi connectivity index (χ2v) is 7.40. The fourth-order valence-corrected chi connectivity index (χ4v) is 2.72. The maximum atomic E-state index is 13.5. The van der Waals surface area contributed by atoms with Crippen LogP contribution in [0.25, 0.3) is 0 Å². The molecule has 0 fully saturated rings. The molecule has 0 heterocycles. The summed E-state index contributed by atoms with van der Waals surface area (Å²) in [5, 5.41) is 0. The van der Waals surface area contributed by atoms with Crippen LogP contribution < -0.4 is 4.74 Å². The summed E-state index contributed by atoms with van der Waals surface area (Å²) < 4.78 is 96.0. The number of ether oxygens (including phenoxy) is 6. The molecule has 0 saturated heterocycles. The van der Waals surface area contributed by atoms with E-state index in [-0.39, 0.29) is 65.0 Å². The molecular formula is C25H25F5O9. The van der Waals surface area contributed by atoms with Crippen molar-refractivity contribution in [3.8, 4) is 5.75 Å². The van der Waals surface area contributed by atoms with E-state index in [1.807, 2.05) is 0 Å². The largest absolute Gasteiger partial charge is 0.457 e. The Hall–Kier alpha value is -3.46. The van der Waals surface area contributed by atoms with Gasteiger partial charge in [-0.3, -0.25) is 9.59 Å². The predicted octanol–water partition coefficient (Wildman–Crippen LogP) is 3.17. The molecule has 0 bridgehead atoms. The molecule has 0 spiro atoms. The first kappa shape index (κ1) is 31.8. The lowest BCUT2D eigenvalue weighted by atomic mass is 10.1. The lowest BCUT2D eigenvalue weighted by Crippen LogP contribution is -2.20. The number of benzene rings is 2. The van der Waals surface area contributed by atoms with E-state index < -0.39 is 59.0 Å². The Balaban J connectivity index is 1.41. The van der Waals surface area contributed by atoms with Crippen LogP contribution in [0.3, 0.4) is 0 Å². The monoisotopic (exact) mass is 564 g/mol. The summed E-state index contributed by atoms with van der Waals surface area (Å²) in [5.41, 5.74) is 0.238. The number of hydrogen-bond donors (Lipinski definition) is 0. The Kier molecular flexibility index (Phi) is 14.0. The van der Waals surface area contributed by atoms with Gasteiger partial charge in [-0.05, 0) is 0 Å². The van der Waals surface area contributed by atoms with Crippen LogP contribution in [0, 0.1) is 29.1 Å². The van der Waals surface area contributed by atoms with E-state index in [1.165, 1.54) is 12.1 Å². The van der Waals surface area contributed by atoms with Gasteiger partial charge in [-0.25, -0.2) is 18.0 Å². The first-order chi connectivity index (χ1) is 18.7. The van der Waals surface area contributed by atoms with Crippen LogP contribution >= 0.6 is 0 Å². The van der Waals surface area contributed by atoms with Crippen molar-refractivity contribution in [1.29, 1.82) is 0 Å². The van der Waals surface area contributed by atoms with Crippen molar-refractivity contribution in [2.24, 2.45) is 0 Å². The molecular weight excluding hydrogens is 539 g/mol. The van der Waals surface area contributed by atoms with E-state index in [0.717, 1.165) is 0 Å². The predicted molar refractivity (Wildman–Crippen MR) is 121 cm³/mol. The summed E-state index contributed by atoms with van der Waals surface area (Å²) in [5.74, 6) is -15.9. The molecule has 14 heteroatoms. The first-order valence-electron chi connectivity index (χ1n) is 11.5. The third-order valence-electron chi connectivity index (χ3n) is 4.63. The molecule has 0 radical (unpaired) electrons. The zero-order chi connectivity index (χ0) is 28.6. The van der Waals surface area contributed by atoms with Crippen LogP contribution in [0.4, 0.5) is 22.0 Å². The number of esters is 2. The van der Waals surface area contributed by atoms with Gasteiger partial charge >= 0.3 is 11.9 Å². The fourth-order valence-electron chi connectivity index (χ4n) is 2.72. The molecule has 0 aliphatic heterocycles. The Morgan fingerprint density at radius 1 is 0.564 bits per heavy atom. The summed E-state index contributed by atoms with van der Waals surface area (Å²) in [6, 6.07) is 8.01. The topological polar surface area (TPSA) is 107 Å². The standard InChI is InChI=1S/C25H25F5O9/c26-18-19(27)21(29)24(22(30)20(18)28)39-17(31)6-7-34-8-9-35-10-11-36-12-13-37-14-15-38-25(33)23(32)16-4-2-1-3-5-16/h1-5H,6-15H2. The number of hydrogen-bond acceptors (Lipinski definition) is 9. The van der Waals surface area contributed by atoms with E-state index in [1.54, 1.807) is 18.2 Å². The van der Waals surface area contributed by atoms with Gasteiger partial charge in [-0.2, -0.15) is 8.78 Å². The van der Waals surface area contributed by atoms with Gasteiger partial charge in [0.1, 0.15) is 6.61 Å². The molecule has 39 heavy (non-hydrogen) atoms. The highest BCUT2D eigenvalue weighted by atomic mass is 19.2. The third kappa shape index (κ3) is 10.7. The highest BCUT2D eigenvalue weighted by molar-refractivity contribution is 6.40. The molecule has 0 atom stereocenters. The van der Waals surface area contributed by atoms with Crippen molar-refractivity contribution >= 4 is 17.7 Å². The van der Waals surface area contributed by atoms with E-state index >= 15 is 0 Å². The van der Waals surface area contributed by atoms with Crippen LogP contribution in [0.15, 0.2) is 30.3 Å². The third-order valence-corrected chi connectivity index (χ3v) is 4.63. The van der Waals surface area contributed by atoms with Gasteiger partial charge in [0.05, 0.1) is 59.3 Å². The van der Waals surface area contributed by atoms with E-state index in [0.29, 0.717) is 0 Å². The minimum atomic E-state index is -2.36. The minimum Gasteiger partial charge on any atom is -0.457 e. The Morgan fingerprint density at radius 2 is 1.00 bits per heavy atom. The molecule has 214 valence electrons. The van der Waals surface area contributed by atoms with Crippen molar-refractivity contribution in [2.45, 2.75) is 6.42 Å². The molecule has 0 aromatic heterocycles. The molecule has 0 saturated carbocycles. The highest BCUT2D eigenvalue weighted by Gasteiger charge is 2.28. The van der Waals surface area contributed by atoms with Crippen molar-refractivity contribution in [1.82, 2.24) is 0 Å². The summed E-state index contributed by atoms with van der Waals surface area (Å²) in [7, 11) is 0. The number of carbonyl (C=O) groups is 3.